The van der Waals surface area contributed by atoms with Gasteiger partial charge in [0.05, 0.1) is 31.3 Å². The van der Waals surface area contributed by atoms with Gasteiger partial charge in [-0.3, -0.25) is 4.79 Å². The number of carbonyl (C=O) groups is 1. The van der Waals surface area contributed by atoms with Gasteiger partial charge in [0.25, 0.3) is 0 Å². The van der Waals surface area contributed by atoms with Gasteiger partial charge in [0.2, 0.25) is 0 Å². The molecule has 13 nitrogen and oxygen atoms in total. The summed E-state index contributed by atoms with van der Waals surface area (Å²) in [5, 5.41) is 84.7. The fraction of sp³-hybridized carbons (Fsp3) is 0.976. The topological polar surface area (TPSA) is 216 Å². The predicted molar refractivity (Wildman–Crippen MR) is 193 cm³/mol. The first-order valence-corrected chi connectivity index (χ1v) is 20.7. The van der Waals surface area contributed by atoms with Crippen molar-refractivity contribution in [2.45, 2.75) is 174 Å². The van der Waals surface area contributed by atoms with E-state index in [1.54, 1.807) is 0 Å². The first-order valence-electron chi connectivity index (χ1n) is 20.7. The Morgan fingerprint density at radius 1 is 0.704 bits per heavy atom. The van der Waals surface area contributed by atoms with Crippen LogP contribution in [0.4, 0.5) is 0 Å². The van der Waals surface area contributed by atoms with Crippen molar-refractivity contribution < 1.29 is 64.6 Å². The summed E-state index contributed by atoms with van der Waals surface area (Å²) in [5.41, 5.74) is -1.35. The summed E-state index contributed by atoms with van der Waals surface area (Å²) in [7, 11) is 0. The van der Waals surface area contributed by atoms with Crippen molar-refractivity contribution in [1.82, 2.24) is 0 Å². The molecule has 7 rings (SSSR count). The molecule has 8 N–H and O–H groups in total. The lowest BCUT2D eigenvalue weighted by molar-refractivity contribution is -0.368. The van der Waals surface area contributed by atoms with Crippen LogP contribution in [0.1, 0.15) is 112 Å². The van der Waals surface area contributed by atoms with Crippen LogP contribution in [0.2, 0.25) is 0 Å². The zero-order valence-electron chi connectivity index (χ0n) is 33.1. The third-order valence-electron chi connectivity index (χ3n) is 17.6. The van der Waals surface area contributed by atoms with Crippen molar-refractivity contribution in [3.05, 3.63) is 0 Å². The van der Waals surface area contributed by atoms with Gasteiger partial charge in [0.1, 0.15) is 42.7 Å². The maximum atomic E-state index is 13.1. The minimum atomic E-state index is -1.73. The molecule has 19 unspecified atom stereocenters. The maximum absolute atomic E-state index is 13.1. The normalized spacial score (nSPS) is 55.8. The minimum absolute atomic E-state index is 0.00541. The molecular weight excluding hydrogens is 700 g/mol. The Morgan fingerprint density at radius 3 is 2.07 bits per heavy atom. The van der Waals surface area contributed by atoms with Gasteiger partial charge in [0, 0.05) is 5.41 Å². The van der Waals surface area contributed by atoms with E-state index in [-0.39, 0.29) is 46.7 Å². The highest BCUT2D eigenvalue weighted by atomic mass is 16.8. The van der Waals surface area contributed by atoms with Crippen molar-refractivity contribution in [2.75, 3.05) is 19.8 Å². The average molecular weight is 769 g/mol. The molecule has 54 heavy (non-hydrogen) atoms. The number of carboxylic acids is 1. The highest BCUT2D eigenvalue weighted by molar-refractivity contribution is 5.75. The molecule has 0 aromatic rings. The Labute approximate surface area is 319 Å². The summed E-state index contributed by atoms with van der Waals surface area (Å²) in [6.45, 7) is 13.0. The van der Waals surface area contributed by atoms with E-state index >= 15 is 0 Å². The SMILES string of the molecule is CC1(C)CCC2(C(=O)O)CCC3(C)C(CCC4C5(C)CCC(OC6OCC(O)C(O)C6OC6OC(CO)C(O)C(O)C6O)C(C)(CO)C5CCC43C)C2C1. The van der Waals surface area contributed by atoms with Crippen LogP contribution in [0.25, 0.3) is 0 Å². The molecule has 2 heterocycles. The Morgan fingerprint density at radius 2 is 1.41 bits per heavy atom. The molecule has 0 aromatic carbocycles. The van der Waals surface area contributed by atoms with Gasteiger partial charge < -0.3 is 59.8 Å². The molecule has 0 amide bonds. The van der Waals surface area contributed by atoms with Crippen LogP contribution in [-0.4, -0.2) is 128 Å². The average Bonchev–Trinajstić information content (AvgIpc) is 3.12. The van der Waals surface area contributed by atoms with Crippen LogP contribution in [-0.2, 0) is 23.7 Å². The summed E-state index contributed by atoms with van der Waals surface area (Å²) in [5.74, 6) is 0.366. The second-order valence-corrected chi connectivity index (χ2v) is 20.5. The molecule has 310 valence electrons. The van der Waals surface area contributed by atoms with E-state index in [1.165, 1.54) is 0 Å². The van der Waals surface area contributed by atoms with Gasteiger partial charge in [-0.05, 0) is 116 Å². The Kier molecular flexibility index (Phi) is 10.8. The highest BCUT2D eigenvalue weighted by Gasteiger charge is 2.71. The lowest BCUT2D eigenvalue weighted by Gasteiger charge is -2.73. The van der Waals surface area contributed by atoms with Crippen molar-refractivity contribution in [1.29, 1.82) is 0 Å². The Hall–Kier alpha value is -0.970. The van der Waals surface area contributed by atoms with E-state index in [4.69, 9.17) is 18.9 Å². The summed E-state index contributed by atoms with van der Waals surface area (Å²) >= 11 is 0. The first kappa shape index (κ1) is 41.2. The van der Waals surface area contributed by atoms with Gasteiger partial charge in [0.15, 0.2) is 12.6 Å². The highest BCUT2D eigenvalue weighted by Crippen LogP contribution is 2.77. The van der Waals surface area contributed by atoms with Gasteiger partial charge in [-0.1, -0.05) is 41.5 Å². The molecule has 0 aromatic heterocycles. The second-order valence-electron chi connectivity index (χ2n) is 20.5. The molecule has 0 spiro atoms. The molecule has 5 saturated carbocycles. The molecule has 5 aliphatic carbocycles. The molecule has 0 bridgehead atoms. The van der Waals surface area contributed by atoms with Crippen LogP contribution in [0, 0.1) is 56.2 Å². The monoisotopic (exact) mass is 768 g/mol. The third-order valence-corrected chi connectivity index (χ3v) is 17.6. The van der Waals surface area contributed by atoms with Crippen molar-refractivity contribution >= 4 is 5.97 Å². The van der Waals surface area contributed by atoms with Crippen LogP contribution in [0.15, 0.2) is 0 Å². The summed E-state index contributed by atoms with van der Waals surface area (Å²) in [4.78, 5) is 13.1. The van der Waals surface area contributed by atoms with Gasteiger partial charge >= 0.3 is 5.97 Å². The standard InChI is InChI=1S/C41H68O13/c1-36(2)13-15-41(35(49)50)16-14-39(5)21(22(41)17-36)7-8-26-37(3)11-10-27(38(4,20-43)25(37)9-12-40(26,39)6)53-34-32(28(45)23(44)19-51-34)54-33-31(48)30(47)29(46)24(18-42)52-33/h21-34,42-48H,7-20H2,1-6H3,(H,49,50). The number of aliphatic hydroxyl groups is 7. The third kappa shape index (κ3) is 5.99. The number of fused-ring (bicyclic) bond motifs is 7. The molecule has 7 aliphatic rings. The zero-order valence-corrected chi connectivity index (χ0v) is 33.1. The maximum Gasteiger partial charge on any atom is 0.309 e. The molecule has 19 atom stereocenters. The van der Waals surface area contributed by atoms with Crippen molar-refractivity contribution in [2.24, 2.45) is 56.2 Å². The minimum Gasteiger partial charge on any atom is -0.481 e. The number of aliphatic hydroxyl groups excluding tert-OH is 7. The fourth-order valence-corrected chi connectivity index (χ4v) is 14.2. The van der Waals surface area contributed by atoms with Crippen LogP contribution < -0.4 is 0 Å². The van der Waals surface area contributed by atoms with Gasteiger partial charge in [-0.2, -0.15) is 0 Å². The quantitative estimate of drug-likeness (QED) is 0.175. The number of aliphatic carboxylic acids is 1. The molecular formula is C41H68O13. The molecule has 0 radical (unpaired) electrons. The van der Waals surface area contributed by atoms with E-state index in [0.29, 0.717) is 18.3 Å². The van der Waals surface area contributed by atoms with Crippen molar-refractivity contribution in [3.8, 4) is 0 Å². The van der Waals surface area contributed by atoms with Crippen LogP contribution in [0.3, 0.4) is 0 Å². The van der Waals surface area contributed by atoms with Gasteiger partial charge in [-0.25, -0.2) is 0 Å². The number of hydrogen-bond acceptors (Lipinski definition) is 12. The van der Waals surface area contributed by atoms with E-state index in [1.807, 2.05) is 0 Å². The predicted octanol–water partition coefficient (Wildman–Crippen LogP) is 2.57. The lowest BCUT2D eigenvalue weighted by Crippen LogP contribution is -2.69. The first-order chi connectivity index (χ1) is 25.2. The van der Waals surface area contributed by atoms with Gasteiger partial charge in [-0.15, -0.1) is 0 Å². The fourth-order valence-electron chi connectivity index (χ4n) is 14.2. The molecule has 2 saturated heterocycles. The Balaban J connectivity index is 1.13. The van der Waals surface area contributed by atoms with Crippen molar-refractivity contribution in [3.63, 3.8) is 0 Å². The Bertz CT molecular complexity index is 1390. The van der Waals surface area contributed by atoms with E-state index < -0.39 is 84.8 Å². The van der Waals surface area contributed by atoms with E-state index in [0.717, 1.165) is 64.2 Å². The second kappa shape index (κ2) is 14.1. The summed E-state index contributed by atoms with van der Waals surface area (Å²) in [6.07, 6.45) is -4.15. The number of carboxylic acid groups (broad SMARTS) is 1. The molecule has 13 heteroatoms. The lowest BCUT2D eigenvalue weighted by atomic mass is 9.31. The van der Waals surface area contributed by atoms with E-state index in [9.17, 15) is 45.6 Å². The molecule has 7 fully saturated rings. The van der Waals surface area contributed by atoms with Crippen LogP contribution >= 0.6 is 0 Å². The largest absolute Gasteiger partial charge is 0.481 e. The summed E-state index contributed by atoms with van der Waals surface area (Å²) in [6, 6.07) is 0. The van der Waals surface area contributed by atoms with Crippen LogP contribution in [0.5, 0.6) is 0 Å². The number of rotatable bonds is 7. The summed E-state index contributed by atoms with van der Waals surface area (Å²) < 4.78 is 24.1. The number of hydrogen-bond donors (Lipinski definition) is 8. The number of ether oxygens (including phenoxy) is 4. The smallest absolute Gasteiger partial charge is 0.309 e. The molecule has 2 aliphatic heterocycles. The zero-order chi connectivity index (χ0) is 39.4. The van der Waals surface area contributed by atoms with E-state index in [2.05, 4.69) is 41.5 Å².